The van der Waals surface area contributed by atoms with Crippen LogP contribution in [0, 0.1) is 6.92 Å². The maximum atomic E-state index is 11.6. The molecule has 0 aliphatic rings. The van der Waals surface area contributed by atoms with Gasteiger partial charge in [-0.15, -0.1) is 11.3 Å². The van der Waals surface area contributed by atoms with Crippen LogP contribution in [0.4, 0.5) is 0 Å². The van der Waals surface area contributed by atoms with Gasteiger partial charge in [-0.2, -0.15) is 5.10 Å². The molecular weight excluding hydrogens is 264 g/mol. The van der Waals surface area contributed by atoms with Crippen molar-refractivity contribution in [3.05, 3.63) is 56.1 Å². The molecule has 1 N–H and O–H groups in total. The Morgan fingerprint density at radius 1 is 1.53 bits per heavy atom. The largest absolute Gasteiger partial charge is 0.478 e. The second-order valence-corrected chi connectivity index (χ2v) is 4.98. The van der Waals surface area contributed by atoms with Crippen molar-refractivity contribution in [2.45, 2.75) is 13.5 Å². The number of rotatable bonds is 4. The summed E-state index contributed by atoms with van der Waals surface area (Å²) in [6.45, 7) is 2.22. The summed E-state index contributed by atoms with van der Waals surface area (Å²) in [5, 5.41) is 14.5. The average molecular weight is 276 g/mol. The standard InChI is InChI=1S/C13H12N2O3S/c1-9-2-4-12(16)15(14-9)7-11-6-10(8-19-11)3-5-13(17)18/h2-6,8H,7H2,1H3,(H,17,18). The minimum atomic E-state index is -0.982. The molecule has 0 saturated carbocycles. The molecule has 6 heteroatoms. The van der Waals surface area contributed by atoms with E-state index >= 15 is 0 Å². The predicted octanol–water partition coefficient (Wildman–Crippen LogP) is 1.76. The molecular formula is C13H12N2O3S. The molecule has 2 heterocycles. The van der Waals surface area contributed by atoms with Crippen LogP contribution in [0.2, 0.25) is 0 Å². The molecule has 0 aliphatic carbocycles. The predicted molar refractivity (Wildman–Crippen MR) is 73.3 cm³/mol. The zero-order valence-electron chi connectivity index (χ0n) is 10.2. The number of aryl methyl sites for hydroxylation is 1. The second kappa shape index (κ2) is 5.62. The summed E-state index contributed by atoms with van der Waals surface area (Å²) in [5.41, 5.74) is 1.44. The molecule has 2 rings (SSSR count). The van der Waals surface area contributed by atoms with Crippen LogP contribution >= 0.6 is 11.3 Å². The molecule has 2 aromatic rings. The molecule has 0 aromatic carbocycles. The highest BCUT2D eigenvalue weighted by molar-refractivity contribution is 7.10. The van der Waals surface area contributed by atoms with E-state index in [-0.39, 0.29) is 5.56 Å². The first-order chi connectivity index (χ1) is 9.04. The number of thiophene rings is 1. The maximum Gasteiger partial charge on any atom is 0.328 e. The van der Waals surface area contributed by atoms with E-state index in [9.17, 15) is 9.59 Å². The van der Waals surface area contributed by atoms with Crippen molar-refractivity contribution in [2.75, 3.05) is 0 Å². The molecule has 0 atom stereocenters. The minimum absolute atomic E-state index is 0.151. The monoisotopic (exact) mass is 276 g/mol. The Hall–Kier alpha value is -2.21. The number of carbonyl (C=O) groups is 1. The lowest BCUT2D eigenvalue weighted by Gasteiger charge is -2.02. The third kappa shape index (κ3) is 3.62. The van der Waals surface area contributed by atoms with Gasteiger partial charge in [0.25, 0.3) is 5.56 Å². The number of carboxylic acid groups (broad SMARTS) is 1. The van der Waals surface area contributed by atoms with Gasteiger partial charge in [0, 0.05) is 17.0 Å². The number of aliphatic carboxylic acids is 1. The molecule has 0 aliphatic heterocycles. The van der Waals surface area contributed by atoms with Gasteiger partial charge >= 0.3 is 5.97 Å². The zero-order chi connectivity index (χ0) is 13.8. The van der Waals surface area contributed by atoms with E-state index in [0.29, 0.717) is 6.54 Å². The van der Waals surface area contributed by atoms with Gasteiger partial charge < -0.3 is 5.11 Å². The Morgan fingerprint density at radius 3 is 3.05 bits per heavy atom. The summed E-state index contributed by atoms with van der Waals surface area (Å²) >= 11 is 1.47. The molecule has 19 heavy (non-hydrogen) atoms. The fourth-order valence-electron chi connectivity index (χ4n) is 1.55. The highest BCUT2D eigenvalue weighted by Gasteiger charge is 2.02. The minimum Gasteiger partial charge on any atom is -0.478 e. The summed E-state index contributed by atoms with van der Waals surface area (Å²) < 4.78 is 1.39. The number of hydrogen-bond acceptors (Lipinski definition) is 4. The van der Waals surface area contributed by atoms with Crippen molar-refractivity contribution >= 4 is 23.4 Å². The highest BCUT2D eigenvalue weighted by atomic mass is 32.1. The van der Waals surface area contributed by atoms with Crippen LogP contribution in [0.15, 0.2) is 34.4 Å². The van der Waals surface area contributed by atoms with Crippen LogP contribution in [-0.2, 0) is 11.3 Å². The molecule has 0 spiro atoms. The average Bonchev–Trinajstić information content (AvgIpc) is 2.79. The topological polar surface area (TPSA) is 72.2 Å². The second-order valence-electron chi connectivity index (χ2n) is 3.99. The summed E-state index contributed by atoms with van der Waals surface area (Å²) in [6, 6.07) is 5.01. The number of aromatic nitrogens is 2. The van der Waals surface area contributed by atoms with Crippen molar-refractivity contribution in [2.24, 2.45) is 0 Å². The van der Waals surface area contributed by atoms with Gasteiger partial charge in [-0.3, -0.25) is 4.79 Å². The Morgan fingerprint density at radius 2 is 2.32 bits per heavy atom. The van der Waals surface area contributed by atoms with Gasteiger partial charge in [0.1, 0.15) is 0 Å². The lowest BCUT2D eigenvalue weighted by molar-refractivity contribution is -0.131. The Labute approximate surface area is 113 Å². The van der Waals surface area contributed by atoms with Crippen LogP contribution in [0.25, 0.3) is 6.08 Å². The lowest BCUT2D eigenvalue weighted by atomic mass is 10.3. The van der Waals surface area contributed by atoms with E-state index in [1.165, 1.54) is 28.2 Å². The maximum absolute atomic E-state index is 11.6. The van der Waals surface area contributed by atoms with Crippen LogP contribution in [-0.4, -0.2) is 20.9 Å². The van der Waals surface area contributed by atoms with Crippen LogP contribution in [0.3, 0.4) is 0 Å². The van der Waals surface area contributed by atoms with Gasteiger partial charge in [0.2, 0.25) is 0 Å². The number of nitrogens with zero attached hydrogens (tertiary/aromatic N) is 2. The highest BCUT2D eigenvalue weighted by Crippen LogP contribution is 2.16. The van der Waals surface area contributed by atoms with E-state index < -0.39 is 5.97 Å². The van der Waals surface area contributed by atoms with Gasteiger partial charge in [-0.1, -0.05) is 0 Å². The van der Waals surface area contributed by atoms with Gasteiger partial charge in [0.15, 0.2) is 0 Å². The number of hydrogen-bond donors (Lipinski definition) is 1. The smallest absolute Gasteiger partial charge is 0.328 e. The summed E-state index contributed by atoms with van der Waals surface area (Å²) in [7, 11) is 0. The van der Waals surface area contributed by atoms with Crippen molar-refractivity contribution in [3.63, 3.8) is 0 Å². The van der Waals surface area contributed by atoms with Crippen LogP contribution in [0.5, 0.6) is 0 Å². The lowest BCUT2D eigenvalue weighted by Crippen LogP contribution is -2.22. The van der Waals surface area contributed by atoms with Crippen LogP contribution in [0.1, 0.15) is 16.1 Å². The SMILES string of the molecule is Cc1ccc(=O)n(Cc2cc(C=CC(=O)O)cs2)n1. The molecule has 0 radical (unpaired) electrons. The first kappa shape index (κ1) is 13.2. The quantitative estimate of drug-likeness (QED) is 0.864. The van der Waals surface area contributed by atoms with Crippen LogP contribution < -0.4 is 5.56 Å². The van der Waals surface area contributed by atoms with Crippen molar-refractivity contribution < 1.29 is 9.90 Å². The van der Waals surface area contributed by atoms with Crippen molar-refractivity contribution in [3.8, 4) is 0 Å². The van der Waals surface area contributed by atoms with Gasteiger partial charge in [-0.25, -0.2) is 9.48 Å². The van der Waals surface area contributed by atoms with Crippen molar-refractivity contribution in [1.82, 2.24) is 9.78 Å². The molecule has 0 bridgehead atoms. The number of carboxylic acids is 1. The first-order valence-corrected chi connectivity index (χ1v) is 6.46. The molecule has 0 amide bonds. The fraction of sp³-hybridized carbons (Fsp3) is 0.154. The van der Waals surface area contributed by atoms with E-state index in [2.05, 4.69) is 5.10 Å². The molecule has 0 saturated heterocycles. The third-order valence-corrected chi connectivity index (χ3v) is 3.34. The Balaban J connectivity index is 2.18. The Kier molecular flexibility index (Phi) is 3.91. The fourth-order valence-corrected chi connectivity index (χ4v) is 2.38. The van der Waals surface area contributed by atoms with E-state index in [4.69, 9.17) is 5.11 Å². The summed E-state index contributed by atoms with van der Waals surface area (Å²) in [5.74, 6) is -0.982. The van der Waals surface area contributed by atoms with E-state index in [1.807, 2.05) is 18.4 Å². The van der Waals surface area contributed by atoms with E-state index in [1.54, 1.807) is 6.07 Å². The van der Waals surface area contributed by atoms with Gasteiger partial charge in [-0.05, 0) is 36.1 Å². The molecule has 98 valence electrons. The molecule has 5 nitrogen and oxygen atoms in total. The first-order valence-electron chi connectivity index (χ1n) is 5.58. The summed E-state index contributed by atoms with van der Waals surface area (Å²) in [4.78, 5) is 23.0. The summed E-state index contributed by atoms with van der Waals surface area (Å²) in [6.07, 6.45) is 2.61. The molecule has 2 aromatic heterocycles. The zero-order valence-corrected chi connectivity index (χ0v) is 11.1. The Bertz CT molecular complexity index is 685. The van der Waals surface area contributed by atoms with Gasteiger partial charge in [0.05, 0.1) is 12.2 Å². The molecule has 0 fully saturated rings. The molecule has 0 unspecified atom stereocenters. The van der Waals surface area contributed by atoms with E-state index in [0.717, 1.165) is 22.2 Å². The normalized spacial score (nSPS) is 11.0. The third-order valence-electron chi connectivity index (χ3n) is 2.40. The van der Waals surface area contributed by atoms with Crippen molar-refractivity contribution in [1.29, 1.82) is 0 Å².